The molecule has 1 aliphatic carbocycles. The van der Waals surface area contributed by atoms with Crippen LogP contribution in [0.4, 0.5) is 5.69 Å². The molecule has 0 bridgehead atoms. The molecule has 1 fully saturated rings. The third-order valence-corrected chi connectivity index (χ3v) is 2.98. The Bertz CT molecular complexity index is 415. The lowest BCUT2D eigenvalue weighted by Gasteiger charge is -2.25. The monoisotopic (exact) mass is 237 g/mol. The van der Waals surface area contributed by atoms with Crippen molar-refractivity contribution in [3.05, 3.63) is 33.9 Å². The van der Waals surface area contributed by atoms with E-state index in [1.807, 2.05) is 0 Å². The summed E-state index contributed by atoms with van der Waals surface area (Å²) in [5.41, 5.74) is 0.798. The molecule has 2 rings (SSSR count). The Morgan fingerprint density at radius 2 is 2.24 bits per heavy atom. The van der Waals surface area contributed by atoms with E-state index in [1.54, 1.807) is 12.1 Å². The van der Waals surface area contributed by atoms with Crippen LogP contribution >= 0.6 is 0 Å². The van der Waals surface area contributed by atoms with Crippen LogP contribution in [-0.4, -0.2) is 18.1 Å². The first-order chi connectivity index (χ1) is 8.20. The van der Waals surface area contributed by atoms with Crippen molar-refractivity contribution in [2.45, 2.75) is 32.0 Å². The fourth-order valence-electron chi connectivity index (χ4n) is 1.72. The molecule has 0 atom stereocenters. The van der Waals surface area contributed by atoms with Crippen molar-refractivity contribution in [3.8, 4) is 5.75 Å². The summed E-state index contributed by atoms with van der Waals surface area (Å²) >= 11 is 0. The summed E-state index contributed by atoms with van der Waals surface area (Å²) in [6.45, 7) is 0.426. The minimum absolute atomic E-state index is 0.0118. The van der Waals surface area contributed by atoms with Gasteiger partial charge >= 0.3 is 5.69 Å². The van der Waals surface area contributed by atoms with Gasteiger partial charge in [0, 0.05) is 6.07 Å². The number of methoxy groups -OCH3 is 1. The quantitative estimate of drug-likeness (QED) is 0.583. The Morgan fingerprint density at radius 3 is 2.76 bits per heavy atom. The minimum Gasteiger partial charge on any atom is -0.490 e. The standard InChI is InChI=1S/C12H15NO4/c1-16-12-6-5-9(7-11(12)13(14)15)8-17-10-3-2-4-10/h5-7,10H,2-4,8H2,1H3. The van der Waals surface area contributed by atoms with Crippen LogP contribution in [-0.2, 0) is 11.3 Å². The van der Waals surface area contributed by atoms with Crippen LogP contribution in [0.15, 0.2) is 18.2 Å². The molecule has 1 aromatic rings. The molecule has 1 aromatic carbocycles. The van der Waals surface area contributed by atoms with Gasteiger partial charge in [0.2, 0.25) is 0 Å². The van der Waals surface area contributed by atoms with E-state index in [4.69, 9.17) is 9.47 Å². The van der Waals surface area contributed by atoms with E-state index in [-0.39, 0.29) is 11.4 Å². The summed E-state index contributed by atoms with van der Waals surface area (Å²) in [5.74, 6) is 0.280. The van der Waals surface area contributed by atoms with Gasteiger partial charge in [-0.25, -0.2) is 0 Å². The molecule has 0 spiro atoms. The Balaban J connectivity index is 2.06. The van der Waals surface area contributed by atoms with Gasteiger partial charge in [0.15, 0.2) is 5.75 Å². The molecule has 0 saturated heterocycles. The molecule has 0 radical (unpaired) electrons. The normalized spacial score (nSPS) is 15.4. The Morgan fingerprint density at radius 1 is 1.47 bits per heavy atom. The van der Waals surface area contributed by atoms with Crippen molar-refractivity contribution in [1.82, 2.24) is 0 Å². The van der Waals surface area contributed by atoms with E-state index in [1.165, 1.54) is 19.6 Å². The topological polar surface area (TPSA) is 61.6 Å². The van der Waals surface area contributed by atoms with E-state index in [2.05, 4.69) is 0 Å². The first-order valence-electron chi connectivity index (χ1n) is 5.63. The minimum atomic E-state index is -0.439. The predicted molar refractivity (Wildman–Crippen MR) is 62.1 cm³/mol. The summed E-state index contributed by atoms with van der Waals surface area (Å²) in [5, 5.41) is 10.8. The van der Waals surface area contributed by atoms with Crippen molar-refractivity contribution in [2.24, 2.45) is 0 Å². The van der Waals surface area contributed by atoms with E-state index in [9.17, 15) is 10.1 Å². The molecule has 1 aliphatic rings. The van der Waals surface area contributed by atoms with Crippen molar-refractivity contribution >= 4 is 5.69 Å². The van der Waals surface area contributed by atoms with Crippen LogP contribution in [0, 0.1) is 10.1 Å². The summed E-state index contributed by atoms with van der Waals surface area (Å²) in [4.78, 5) is 10.4. The lowest BCUT2D eigenvalue weighted by Crippen LogP contribution is -2.21. The molecule has 92 valence electrons. The average molecular weight is 237 g/mol. The maximum Gasteiger partial charge on any atom is 0.311 e. The fourth-order valence-corrected chi connectivity index (χ4v) is 1.72. The first-order valence-corrected chi connectivity index (χ1v) is 5.63. The molecule has 0 unspecified atom stereocenters. The molecule has 0 aliphatic heterocycles. The van der Waals surface area contributed by atoms with Crippen LogP contribution in [0.5, 0.6) is 5.75 Å². The molecular weight excluding hydrogens is 222 g/mol. The predicted octanol–water partition coefficient (Wildman–Crippen LogP) is 2.67. The van der Waals surface area contributed by atoms with Gasteiger partial charge in [0.05, 0.1) is 24.7 Å². The Hall–Kier alpha value is -1.62. The van der Waals surface area contributed by atoms with E-state index in [0.29, 0.717) is 12.7 Å². The van der Waals surface area contributed by atoms with E-state index < -0.39 is 4.92 Å². The van der Waals surface area contributed by atoms with Crippen LogP contribution in [0.1, 0.15) is 24.8 Å². The van der Waals surface area contributed by atoms with Gasteiger partial charge in [0.25, 0.3) is 0 Å². The molecule has 0 aromatic heterocycles. The molecule has 0 amide bonds. The van der Waals surface area contributed by atoms with Gasteiger partial charge in [-0.15, -0.1) is 0 Å². The molecule has 0 heterocycles. The average Bonchev–Trinajstić information content (AvgIpc) is 2.26. The van der Waals surface area contributed by atoms with Gasteiger partial charge in [0.1, 0.15) is 0 Å². The zero-order valence-corrected chi connectivity index (χ0v) is 9.72. The van der Waals surface area contributed by atoms with Crippen LogP contribution in [0.3, 0.4) is 0 Å². The molecule has 5 nitrogen and oxygen atoms in total. The number of benzene rings is 1. The van der Waals surface area contributed by atoms with Gasteiger partial charge < -0.3 is 9.47 Å². The smallest absolute Gasteiger partial charge is 0.311 e. The van der Waals surface area contributed by atoms with Gasteiger partial charge in [-0.1, -0.05) is 6.07 Å². The fraction of sp³-hybridized carbons (Fsp3) is 0.500. The zero-order valence-electron chi connectivity index (χ0n) is 9.72. The van der Waals surface area contributed by atoms with Gasteiger partial charge in [-0.05, 0) is 30.9 Å². The maximum absolute atomic E-state index is 10.8. The maximum atomic E-state index is 10.8. The number of nitrogens with zero attached hydrogens (tertiary/aromatic N) is 1. The summed E-state index contributed by atoms with van der Waals surface area (Å²) in [6.07, 6.45) is 3.74. The van der Waals surface area contributed by atoms with E-state index >= 15 is 0 Å². The number of rotatable bonds is 5. The summed E-state index contributed by atoms with van der Waals surface area (Å²) < 4.78 is 10.5. The largest absolute Gasteiger partial charge is 0.490 e. The number of ether oxygens (including phenoxy) is 2. The highest BCUT2D eigenvalue weighted by Gasteiger charge is 2.19. The number of hydrogen-bond donors (Lipinski definition) is 0. The van der Waals surface area contributed by atoms with Crippen molar-refractivity contribution in [3.63, 3.8) is 0 Å². The van der Waals surface area contributed by atoms with Gasteiger partial charge in [-0.2, -0.15) is 0 Å². The number of nitro groups is 1. The number of nitro benzene ring substituents is 1. The van der Waals surface area contributed by atoms with Crippen molar-refractivity contribution in [2.75, 3.05) is 7.11 Å². The molecule has 17 heavy (non-hydrogen) atoms. The lowest BCUT2D eigenvalue weighted by atomic mass is 9.96. The number of hydrogen-bond acceptors (Lipinski definition) is 4. The molecule has 0 N–H and O–H groups in total. The van der Waals surface area contributed by atoms with Gasteiger partial charge in [-0.3, -0.25) is 10.1 Å². The Kier molecular flexibility index (Phi) is 3.58. The third kappa shape index (κ3) is 2.74. The second-order valence-corrected chi connectivity index (χ2v) is 4.13. The molecule has 1 saturated carbocycles. The zero-order chi connectivity index (χ0) is 12.3. The second kappa shape index (κ2) is 5.14. The molecule has 5 heteroatoms. The van der Waals surface area contributed by atoms with Crippen molar-refractivity contribution in [1.29, 1.82) is 0 Å². The second-order valence-electron chi connectivity index (χ2n) is 4.13. The highest BCUT2D eigenvalue weighted by molar-refractivity contribution is 5.48. The highest BCUT2D eigenvalue weighted by atomic mass is 16.6. The summed E-state index contributed by atoms with van der Waals surface area (Å²) in [6, 6.07) is 4.92. The SMILES string of the molecule is COc1ccc(COC2CCC2)cc1[N+](=O)[O-]. The van der Waals surface area contributed by atoms with Crippen LogP contribution < -0.4 is 4.74 Å². The van der Waals surface area contributed by atoms with Crippen LogP contribution in [0.25, 0.3) is 0 Å². The summed E-state index contributed by atoms with van der Waals surface area (Å²) in [7, 11) is 1.42. The highest BCUT2D eigenvalue weighted by Crippen LogP contribution is 2.29. The molecular formula is C12H15NO4. The van der Waals surface area contributed by atoms with E-state index in [0.717, 1.165) is 18.4 Å². The lowest BCUT2D eigenvalue weighted by molar-refractivity contribution is -0.385. The third-order valence-electron chi connectivity index (χ3n) is 2.98. The first kappa shape index (κ1) is 11.9. The Labute approximate surface area is 99.5 Å². The van der Waals surface area contributed by atoms with Crippen LogP contribution in [0.2, 0.25) is 0 Å². The van der Waals surface area contributed by atoms with Crippen molar-refractivity contribution < 1.29 is 14.4 Å².